The number of aliphatic hydroxyl groups excluding tert-OH is 1. The van der Waals surface area contributed by atoms with Crippen molar-refractivity contribution >= 4 is 39.5 Å². The Labute approximate surface area is 498 Å². The summed E-state index contributed by atoms with van der Waals surface area (Å²) >= 11 is 0. The van der Waals surface area contributed by atoms with Crippen LogP contribution in [0.25, 0.3) is 0 Å². The highest BCUT2D eigenvalue weighted by Gasteiger charge is 2.30. The van der Waals surface area contributed by atoms with Crippen LogP contribution < -0.4 is 0 Å². The molecule has 0 fully saturated rings. The van der Waals surface area contributed by atoms with Crippen molar-refractivity contribution in [3.63, 3.8) is 0 Å². The molecule has 0 aromatic heterocycles. The zero-order chi connectivity index (χ0) is 61.0. The maximum absolute atomic E-state index is 13.0. The van der Waals surface area contributed by atoms with Crippen LogP contribution in [-0.4, -0.2) is 96.7 Å². The van der Waals surface area contributed by atoms with Gasteiger partial charge in [0.25, 0.3) is 0 Å². The second-order valence-corrected chi connectivity index (χ2v) is 26.9. The zero-order valence-corrected chi connectivity index (χ0v) is 54.7. The molecule has 486 valence electrons. The monoisotopic (exact) mass is 1210 g/mol. The lowest BCUT2D eigenvalue weighted by Gasteiger charge is -2.21. The van der Waals surface area contributed by atoms with E-state index in [9.17, 15) is 43.2 Å². The van der Waals surface area contributed by atoms with E-state index in [0.717, 1.165) is 108 Å². The van der Waals surface area contributed by atoms with Gasteiger partial charge in [-0.15, -0.1) is 0 Å². The minimum Gasteiger partial charge on any atom is -0.462 e. The van der Waals surface area contributed by atoms with Crippen LogP contribution in [0, 0.1) is 17.8 Å². The van der Waals surface area contributed by atoms with Gasteiger partial charge >= 0.3 is 39.5 Å². The average molecular weight is 1210 g/mol. The van der Waals surface area contributed by atoms with Crippen molar-refractivity contribution in [3.05, 3.63) is 0 Å². The second kappa shape index (κ2) is 54.5. The molecule has 0 rings (SSSR count). The molecular weight excluding hydrogens is 1090 g/mol. The quantitative estimate of drug-likeness (QED) is 0.0222. The molecule has 3 N–H and O–H groups in total. The molecule has 3 unspecified atom stereocenters. The summed E-state index contributed by atoms with van der Waals surface area (Å²) in [6.07, 6.45) is 35.0. The van der Waals surface area contributed by atoms with Crippen molar-refractivity contribution in [1.82, 2.24) is 0 Å². The second-order valence-electron chi connectivity index (χ2n) is 24.0. The molecule has 0 heterocycles. The van der Waals surface area contributed by atoms with Gasteiger partial charge in [-0.2, -0.15) is 0 Å². The van der Waals surface area contributed by atoms with Crippen molar-refractivity contribution in [2.45, 2.75) is 324 Å². The molecular formula is C63H122O17P2. The number of esters is 4. The fourth-order valence-electron chi connectivity index (χ4n) is 9.27. The third-order valence-electron chi connectivity index (χ3n) is 14.7. The van der Waals surface area contributed by atoms with Crippen molar-refractivity contribution in [3.8, 4) is 0 Å². The molecule has 0 bridgehead atoms. The van der Waals surface area contributed by atoms with Crippen LogP contribution in [-0.2, 0) is 65.4 Å². The zero-order valence-electron chi connectivity index (χ0n) is 52.9. The summed E-state index contributed by atoms with van der Waals surface area (Å²) in [6, 6.07) is 0. The van der Waals surface area contributed by atoms with Crippen LogP contribution in [0.4, 0.5) is 0 Å². The Balaban J connectivity index is 5.24. The van der Waals surface area contributed by atoms with Gasteiger partial charge in [-0.05, 0) is 43.4 Å². The summed E-state index contributed by atoms with van der Waals surface area (Å²) in [5.41, 5.74) is 0. The van der Waals surface area contributed by atoms with Crippen LogP contribution in [0.5, 0.6) is 0 Å². The lowest BCUT2D eigenvalue weighted by atomic mass is 9.99. The summed E-state index contributed by atoms with van der Waals surface area (Å²) in [4.78, 5) is 72.1. The number of phosphoric ester groups is 2. The number of carbonyl (C=O) groups excluding carboxylic acids is 4. The third-order valence-corrected chi connectivity index (χ3v) is 16.6. The summed E-state index contributed by atoms with van der Waals surface area (Å²) in [5.74, 6) is 0.0558. The van der Waals surface area contributed by atoms with Gasteiger partial charge in [0, 0.05) is 25.7 Å². The van der Waals surface area contributed by atoms with Gasteiger partial charge in [-0.1, -0.05) is 254 Å². The lowest BCUT2D eigenvalue weighted by Crippen LogP contribution is -2.30. The Hall–Kier alpha value is -1.94. The molecule has 82 heavy (non-hydrogen) atoms. The number of aliphatic hydroxyl groups is 1. The van der Waals surface area contributed by atoms with E-state index in [0.29, 0.717) is 31.6 Å². The summed E-state index contributed by atoms with van der Waals surface area (Å²) in [7, 11) is -9.88. The largest absolute Gasteiger partial charge is 0.472 e. The summed E-state index contributed by atoms with van der Waals surface area (Å²) in [5, 5.41) is 10.5. The smallest absolute Gasteiger partial charge is 0.462 e. The molecule has 0 radical (unpaired) electrons. The van der Waals surface area contributed by atoms with Crippen LogP contribution in [0.3, 0.4) is 0 Å². The van der Waals surface area contributed by atoms with Gasteiger partial charge in [-0.25, -0.2) is 9.13 Å². The Morgan fingerprint density at radius 2 is 0.622 bits per heavy atom. The number of carbonyl (C=O) groups is 4. The van der Waals surface area contributed by atoms with Crippen molar-refractivity contribution in [1.29, 1.82) is 0 Å². The Morgan fingerprint density at radius 1 is 0.354 bits per heavy atom. The minimum absolute atomic E-state index is 0.101. The lowest BCUT2D eigenvalue weighted by molar-refractivity contribution is -0.161. The molecule has 0 aliphatic rings. The van der Waals surface area contributed by atoms with E-state index < -0.39 is 97.5 Å². The van der Waals surface area contributed by atoms with Gasteiger partial charge in [0.2, 0.25) is 0 Å². The van der Waals surface area contributed by atoms with Crippen molar-refractivity contribution in [2.75, 3.05) is 39.6 Å². The van der Waals surface area contributed by atoms with Gasteiger partial charge in [0.1, 0.15) is 19.3 Å². The number of unbranched alkanes of at least 4 members (excludes halogenated alkanes) is 28. The molecule has 17 nitrogen and oxygen atoms in total. The predicted octanol–water partition coefficient (Wildman–Crippen LogP) is 17.1. The fraction of sp³-hybridized carbons (Fsp3) is 0.937. The highest BCUT2D eigenvalue weighted by atomic mass is 31.2. The number of ether oxygens (including phenoxy) is 4. The normalized spacial score (nSPS) is 14.7. The number of phosphoric acid groups is 2. The van der Waals surface area contributed by atoms with Gasteiger partial charge in [0.05, 0.1) is 26.4 Å². The first-order valence-corrected chi connectivity index (χ1v) is 35.9. The molecule has 0 aliphatic carbocycles. The maximum Gasteiger partial charge on any atom is 0.472 e. The third kappa shape index (κ3) is 55.9. The van der Waals surface area contributed by atoms with Crippen LogP contribution >= 0.6 is 15.6 Å². The molecule has 0 aromatic carbocycles. The maximum atomic E-state index is 13.0. The van der Waals surface area contributed by atoms with Crippen LogP contribution in [0.2, 0.25) is 0 Å². The van der Waals surface area contributed by atoms with E-state index >= 15 is 0 Å². The molecule has 0 aromatic rings. The number of hydrogen-bond donors (Lipinski definition) is 3. The number of hydrogen-bond acceptors (Lipinski definition) is 15. The first kappa shape index (κ1) is 80.1. The van der Waals surface area contributed by atoms with Gasteiger partial charge < -0.3 is 33.8 Å². The average Bonchev–Trinajstić information content (AvgIpc) is 3.43. The van der Waals surface area contributed by atoms with E-state index in [-0.39, 0.29) is 25.7 Å². The number of rotatable bonds is 61. The van der Waals surface area contributed by atoms with Gasteiger partial charge in [0.15, 0.2) is 12.2 Å². The Bertz CT molecular complexity index is 1630. The SMILES string of the molecule is CCCCCCCCCCC(=O)OC[C@H](COP(=O)(O)OC[C@H](O)COP(=O)(O)OC[C@@H](COC(=O)CCCCCCCCCCC(C)CC)OC(=O)CCCCCCCCCCCCC(C)C)OC(=O)CCCCCCCCC(C)C. The molecule has 0 aliphatic heterocycles. The molecule has 0 spiro atoms. The minimum atomic E-state index is -4.94. The van der Waals surface area contributed by atoms with Crippen molar-refractivity contribution < 1.29 is 80.2 Å². The predicted molar refractivity (Wildman–Crippen MR) is 326 cm³/mol. The highest BCUT2D eigenvalue weighted by Crippen LogP contribution is 2.45. The van der Waals surface area contributed by atoms with Gasteiger partial charge in [-0.3, -0.25) is 37.3 Å². The summed E-state index contributed by atoms with van der Waals surface area (Å²) < 4.78 is 67.9. The van der Waals surface area contributed by atoms with E-state index in [4.69, 9.17) is 37.0 Å². The van der Waals surface area contributed by atoms with E-state index in [1.54, 1.807) is 0 Å². The van der Waals surface area contributed by atoms with E-state index in [2.05, 4.69) is 48.5 Å². The topological polar surface area (TPSA) is 237 Å². The highest BCUT2D eigenvalue weighted by molar-refractivity contribution is 7.47. The van der Waals surface area contributed by atoms with Crippen LogP contribution in [0.1, 0.15) is 305 Å². The summed E-state index contributed by atoms with van der Waals surface area (Å²) in [6.45, 7) is 11.7. The standard InChI is InChI=1S/C63H122O17P2/c1-8-10-11-12-13-22-30-37-44-60(65)73-51-59(80-63(68)47-40-33-26-25-28-35-42-55(5)6)53-78-82(71,72)76-49-57(64)48-75-81(69,70)77-52-58(50-74-61(66)45-38-31-23-19-18-21-29-36-43-56(7)9-2)79-62(67)46-39-32-24-17-15-14-16-20-27-34-41-54(3)4/h54-59,64H,8-53H2,1-7H3,(H,69,70)(H,71,72)/t56?,57-,58-,59-/m1/s1. The Kier molecular flexibility index (Phi) is 53.2. The van der Waals surface area contributed by atoms with E-state index in [1.165, 1.54) is 109 Å². The first-order valence-electron chi connectivity index (χ1n) is 32.9. The molecule has 0 amide bonds. The first-order chi connectivity index (χ1) is 39.3. The molecule has 0 saturated heterocycles. The van der Waals surface area contributed by atoms with Crippen molar-refractivity contribution in [2.24, 2.45) is 17.8 Å². The molecule has 19 heteroatoms. The fourth-order valence-corrected chi connectivity index (χ4v) is 10.9. The molecule has 0 saturated carbocycles. The Morgan fingerprint density at radius 3 is 0.927 bits per heavy atom. The van der Waals surface area contributed by atoms with E-state index in [1.807, 2.05) is 0 Å². The van der Waals surface area contributed by atoms with Crippen LogP contribution in [0.15, 0.2) is 0 Å². The molecule has 6 atom stereocenters.